The lowest BCUT2D eigenvalue weighted by atomic mass is 10.3. The zero-order valence-electron chi connectivity index (χ0n) is 8.28. The molecule has 1 aliphatic heterocycles. The molecule has 0 unspecified atom stereocenters. The topological polar surface area (TPSA) is 19.4 Å². The van der Waals surface area contributed by atoms with E-state index in [2.05, 4.69) is 49.9 Å². The van der Waals surface area contributed by atoms with Gasteiger partial charge in [0.2, 0.25) is 0 Å². The van der Waals surface area contributed by atoms with E-state index < -0.39 is 0 Å². The molecular formula is C10H14BrN3. The number of piperazine rings is 1. The van der Waals surface area contributed by atoms with Crippen LogP contribution in [0.15, 0.2) is 22.9 Å². The average molecular weight is 256 g/mol. The van der Waals surface area contributed by atoms with Gasteiger partial charge in [0.25, 0.3) is 0 Å². The molecule has 0 N–H and O–H groups in total. The highest BCUT2D eigenvalue weighted by atomic mass is 79.9. The largest absolute Gasteiger partial charge is 0.369 e. The van der Waals surface area contributed by atoms with Crippen LogP contribution < -0.4 is 4.90 Å². The van der Waals surface area contributed by atoms with Gasteiger partial charge in [-0.25, -0.2) is 4.98 Å². The lowest BCUT2D eigenvalue weighted by Crippen LogP contribution is -2.44. The van der Waals surface area contributed by atoms with E-state index in [4.69, 9.17) is 0 Å². The van der Waals surface area contributed by atoms with E-state index in [9.17, 15) is 0 Å². The molecule has 0 aliphatic carbocycles. The van der Waals surface area contributed by atoms with Crippen molar-refractivity contribution in [2.24, 2.45) is 0 Å². The standard InChI is InChI=1S/C10H14BrN3/c1-13-4-6-14(7-5-13)9-2-3-12-10(11)8-9/h2-3,8H,4-7H2,1H3. The SMILES string of the molecule is CN1CCN(c2ccnc(Br)c2)CC1. The number of likely N-dealkylation sites (N-methyl/N-ethyl adjacent to an activating group) is 1. The van der Waals surface area contributed by atoms with E-state index in [-0.39, 0.29) is 0 Å². The number of pyridine rings is 1. The van der Waals surface area contributed by atoms with E-state index in [1.165, 1.54) is 5.69 Å². The van der Waals surface area contributed by atoms with Gasteiger partial charge in [-0.2, -0.15) is 0 Å². The Morgan fingerprint density at radius 1 is 1.29 bits per heavy atom. The first-order chi connectivity index (χ1) is 6.75. The second-order valence-electron chi connectivity index (χ2n) is 3.63. The van der Waals surface area contributed by atoms with Gasteiger partial charge >= 0.3 is 0 Å². The summed E-state index contributed by atoms with van der Waals surface area (Å²) in [5, 5.41) is 0. The van der Waals surface area contributed by atoms with Crippen LogP contribution in [0.5, 0.6) is 0 Å². The Labute approximate surface area is 92.9 Å². The Morgan fingerprint density at radius 3 is 2.64 bits per heavy atom. The highest BCUT2D eigenvalue weighted by molar-refractivity contribution is 9.10. The predicted octanol–water partition coefficient (Wildman–Crippen LogP) is 1.60. The molecule has 1 aromatic heterocycles. The van der Waals surface area contributed by atoms with Crippen molar-refractivity contribution in [3.63, 3.8) is 0 Å². The van der Waals surface area contributed by atoms with Gasteiger partial charge in [0.05, 0.1) is 0 Å². The second-order valence-corrected chi connectivity index (χ2v) is 4.44. The van der Waals surface area contributed by atoms with Crippen molar-refractivity contribution in [1.29, 1.82) is 0 Å². The molecule has 14 heavy (non-hydrogen) atoms. The van der Waals surface area contributed by atoms with Crippen molar-refractivity contribution in [2.45, 2.75) is 0 Å². The minimum Gasteiger partial charge on any atom is -0.369 e. The number of anilines is 1. The van der Waals surface area contributed by atoms with Gasteiger partial charge in [0.1, 0.15) is 4.60 Å². The van der Waals surface area contributed by atoms with Crippen molar-refractivity contribution >= 4 is 21.6 Å². The first-order valence-corrected chi connectivity index (χ1v) is 5.60. The van der Waals surface area contributed by atoms with Crippen LogP contribution >= 0.6 is 15.9 Å². The molecule has 4 heteroatoms. The van der Waals surface area contributed by atoms with Crippen LogP contribution in [0.2, 0.25) is 0 Å². The van der Waals surface area contributed by atoms with Crippen molar-refractivity contribution in [3.8, 4) is 0 Å². The number of rotatable bonds is 1. The first kappa shape index (κ1) is 9.93. The van der Waals surface area contributed by atoms with Gasteiger partial charge in [-0.05, 0) is 35.1 Å². The van der Waals surface area contributed by atoms with E-state index in [0.717, 1.165) is 30.8 Å². The van der Waals surface area contributed by atoms with E-state index >= 15 is 0 Å². The number of nitrogens with zero attached hydrogens (tertiary/aromatic N) is 3. The third kappa shape index (κ3) is 2.25. The fraction of sp³-hybridized carbons (Fsp3) is 0.500. The summed E-state index contributed by atoms with van der Waals surface area (Å²) in [6, 6.07) is 4.14. The Bertz CT molecular complexity index is 308. The quantitative estimate of drug-likeness (QED) is 0.711. The third-order valence-electron chi connectivity index (χ3n) is 2.58. The Morgan fingerprint density at radius 2 is 2.00 bits per heavy atom. The molecule has 2 heterocycles. The Balaban J connectivity index is 2.08. The number of halogens is 1. The van der Waals surface area contributed by atoms with Crippen molar-refractivity contribution < 1.29 is 0 Å². The van der Waals surface area contributed by atoms with Crippen molar-refractivity contribution in [2.75, 3.05) is 38.1 Å². The molecule has 1 aliphatic rings. The fourth-order valence-corrected chi connectivity index (χ4v) is 2.01. The van der Waals surface area contributed by atoms with Crippen LogP contribution in [-0.4, -0.2) is 43.1 Å². The third-order valence-corrected chi connectivity index (χ3v) is 3.01. The molecule has 1 saturated heterocycles. The van der Waals surface area contributed by atoms with Crippen LogP contribution in [-0.2, 0) is 0 Å². The van der Waals surface area contributed by atoms with Crippen LogP contribution in [0.25, 0.3) is 0 Å². The zero-order chi connectivity index (χ0) is 9.97. The molecule has 3 nitrogen and oxygen atoms in total. The van der Waals surface area contributed by atoms with Gasteiger partial charge in [0, 0.05) is 38.1 Å². The predicted molar refractivity (Wildman–Crippen MR) is 61.6 cm³/mol. The van der Waals surface area contributed by atoms with Crippen LogP contribution in [0.1, 0.15) is 0 Å². The summed E-state index contributed by atoms with van der Waals surface area (Å²) in [5.74, 6) is 0. The maximum absolute atomic E-state index is 4.13. The number of hydrogen-bond acceptors (Lipinski definition) is 3. The Hall–Kier alpha value is -0.610. The molecular weight excluding hydrogens is 242 g/mol. The Kier molecular flexibility index (Phi) is 3.03. The van der Waals surface area contributed by atoms with Gasteiger partial charge in [-0.1, -0.05) is 0 Å². The lowest BCUT2D eigenvalue weighted by molar-refractivity contribution is 0.313. The van der Waals surface area contributed by atoms with E-state index in [1.54, 1.807) is 0 Å². The molecule has 0 bridgehead atoms. The molecule has 0 amide bonds. The average Bonchev–Trinajstić information content (AvgIpc) is 2.19. The summed E-state index contributed by atoms with van der Waals surface area (Å²) in [4.78, 5) is 8.88. The normalized spacial score (nSPS) is 18.6. The molecule has 0 saturated carbocycles. The second kappa shape index (κ2) is 4.28. The maximum atomic E-state index is 4.13. The van der Waals surface area contributed by atoms with Gasteiger partial charge in [0.15, 0.2) is 0 Å². The van der Waals surface area contributed by atoms with Crippen LogP contribution in [0, 0.1) is 0 Å². The molecule has 2 rings (SSSR count). The lowest BCUT2D eigenvalue weighted by Gasteiger charge is -2.33. The molecule has 0 radical (unpaired) electrons. The van der Waals surface area contributed by atoms with Crippen molar-refractivity contribution in [3.05, 3.63) is 22.9 Å². The molecule has 0 spiro atoms. The number of hydrogen-bond donors (Lipinski definition) is 0. The summed E-state index contributed by atoms with van der Waals surface area (Å²) in [6.07, 6.45) is 1.84. The smallest absolute Gasteiger partial charge is 0.108 e. The molecule has 0 aromatic carbocycles. The van der Waals surface area contributed by atoms with Gasteiger partial charge in [-0.3, -0.25) is 0 Å². The van der Waals surface area contributed by atoms with Crippen molar-refractivity contribution in [1.82, 2.24) is 9.88 Å². The summed E-state index contributed by atoms with van der Waals surface area (Å²) in [5.41, 5.74) is 1.26. The van der Waals surface area contributed by atoms with E-state index in [0.29, 0.717) is 0 Å². The van der Waals surface area contributed by atoms with Crippen LogP contribution in [0.4, 0.5) is 5.69 Å². The minimum absolute atomic E-state index is 0.911. The summed E-state index contributed by atoms with van der Waals surface area (Å²) < 4.78 is 0.911. The summed E-state index contributed by atoms with van der Waals surface area (Å²) in [6.45, 7) is 4.49. The highest BCUT2D eigenvalue weighted by Crippen LogP contribution is 2.18. The fourth-order valence-electron chi connectivity index (χ4n) is 1.65. The molecule has 0 atom stereocenters. The molecule has 1 aromatic rings. The van der Waals surface area contributed by atoms with E-state index in [1.807, 2.05) is 6.20 Å². The molecule has 1 fully saturated rings. The maximum Gasteiger partial charge on any atom is 0.108 e. The van der Waals surface area contributed by atoms with Crippen LogP contribution in [0.3, 0.4) is 0 Å². The first-order valence-electron chi connectivity index (χ1n) is 4.81. The monoisotopic (exact) mass is 255 g/mol. The molecule has 76 valence electrons. The highest BCUT2D eigenvalue weighted by Gasteiger charge is 2.13. The minimum atomic E-state index is 0.911. The van der Waals surface area contributed by atoms with Gasteiger partial charge < -0.3 is 9.80 Å². The summed E-state index contributed by atoms with van der Waals surface area (Å²) in [7, 11) is 2.17. The zero-order valence-corrected chi connectivity index (χ0v) is 9.87. The van der Waals surface area contributed by atoms with Gasteiger partial charge in [-0.15, -0.1) is 0 Å². The number of aromatic nitrogens is 1. The summed E-state index contributed by atoms with van der Waals surface area (Å²) >= 11 is 3.39.